The van der Waals surface area contributed by atoms with Gasteiger partial charge in [0, 0.05) is 19.0 Å². The molecule has 0 unspecified atom stereocenters. The second-order valence-corrected chi connectivity index (χ2v) is 7.10. The number of benzene rings is 1. The van der Waals surface area contributed by atoms with Crippen molar-refractivity contribution in [2.45, 2.75) is 18.2 Å². The van der Waals surface area contributed by atoms with Crippen molar-refractivity contribution in [3.8, 4) is 0 Å². The molecule has 8 heteroatoms. The molecular formula is C16H17NO6S. The molecule has 0 atom stereocenters. The smallest absolute Gasteiger partial charge is 0.339 e. The molecule has 128 valence electrons. The zero-order valence-corrected chi connectivity index (χ0v) is 13.8. The first-order chi connectivity index (χ1) is 11.3. The molecule has 0 aliphatic carbocycles. The van der Waals surface area contributed by atoms with Crippen molar-refractivity contribution < 1.29 is 27.5 Å². The molecule has 2 N–H and O–H groups in total. The summed E-state index contributed by atoms with van der Waals surface area (Å²) in [4.78, 5) is 23.2. The third kappa shape index (κ3) is 4.02. The number of aryl methyl sites for hydroxylation is 1. The molecule has 1 aromatic carbocycles. The van der Waals surface area contributed by atoms with Crippen LogP contribution in [0.4, 0.5) is 0 Å². The molecule has 0 saturated carbocycles. The molecule has 1 heterocycles. The van der Waals surface area contributed by atoms with Gasteiger partial charge in [-0.15, -0.1) is 0 Å². The first-order valence-electron chi connectivity index (χ1n) is 7.27. The average molecular weight is 351 g/mol. The van der Waals surface area contributed by atoms with E-state index in [1.54, 1.807) is 25.1 Å². The summed E-state index contributed by atoms with van der Waals surface area (Å²) >= 11 is 0. The molecule has 0 radical (unpaired) electrons. The molecule has 0 bridgehead atoms. The Bertz CT molecular complexity index is 839. The van der Waals surface area contributed by atoms with Gasteiger partial charge < -0.3 is 14.8 Å². The molecule has 7 nitrogen and oxygen atoms in total. The number of rotatable bonds is 7. The molecule has 0 saturated heterocycles. The molecule has 2 rings (SSSR count). The third-order valence-electron chi connectivity index (χ3n) is 3.34. The van der Waals surface area contributed by atoms with Crippen LogP contribution < -0.4 is 5.32 Å². The van der Waals surface area contributed by atoms with Crippen molar-refractivity contribution in [1.82, 2.24) is 5.32 Å². The van der Waals surface area contributed by atoms with Gasteiger partial charge in [0.1, 0.15) is 11.3 Å². The molecule has 0 aliphatic heterocycles. The standard InChI is InChI=1S/C16H17NO6S/c1-2-13-12(16(19)20)10-14(23-13)15(18)17-8-9-24(21,22)11-6-4-3-5-7-11/h3-7,10H,2,8-9H2,1H3,(H,17,18)(H,19,20). The van der Waals surface area contributed by atoms with Crippen LogP contribution in [0.3, 0.4) is 0 Å². The summed E-state index contributed by atoms with van der Waals surface area (Å²) in [5.41, 5.74) is -0.0699. The van der Waals surface area contributed by atoms with Crippen LogP contribution in [0.2, 0.25) is 0 Å². The maximum Gasteiger partial charge on any atom is 0.339 e. The first kappa shape index (κ1) is 17.7. The molecular weight excluding hydrogens is 334 g/mol. The van der Waals surface area contributed by atoms with Gasteiger partial charge in [-0.05, 0) is 12.1 Å². The van der Waals surface area contributed by atoms with E-state index in [4.69, 9.17) is 9.52 Å². The minimum absolute atomic E-state index is 0.0699. The number of amides is 1. The molecule has 0 spiro atoms. The predicted octanol–water partition coefficient (Wildman–Crippen LogP) is 1.74. The van der Waals surface area contributed by atoms with Crippen LogP contribution >= 0.6 is 0 Å². The third-order valence-corrected chi connectivity index (χ3v) is 5.07. The number of carboxylic acids is 1. The van der Waals surface area contributed by atoms with Crippen molar-refractivity contribution in [1.29, 1.82) is 0 Å². The normalized spacial score (nSPS) is 11.2. The van der Waals surface area contributed by atoms with Crippen LogP contribution in [0.1, 0.15) is 33.6 Å². The Balaban J connectivity index is 2.00. The Morgan fingerprint density at radius 1 is 1.21 bits per heavy atom. The highest BCUT2D eigenvalue weighted by Gasteiger charge is 2.20. The van der Waals surface area contributed by atoms with E-state index in [-0.39, 0.29) is 34.3 Å². The molecule has 0 aliphatic rings. The summed E-state index contributed by atoms with van der Waals surface area (Å²) in [6, 6.07) is 9.06. The summed E-state index contributed by atoms with van der Waals surface area (Å²) in [6.45, 7) is 1.60. The fraction of sp³-hybridized carbons (Fsp3) is 0.250. The Kier molecular flexibility index (Phi) is 5.40. The molecule has 1 amide bonds. The van der Waals surface area contributed by atoms with Crippen LogP contribution in [-0.4, -0.2) is 37.7 Å². The Labute approximate surface area is 139 Å². The number of carbonyl (C=O) groups is 2. The highest BCUT2D eigenvalue weighted by molar-refractivity contribution is 7.91. The molecule has 1 aromatic heterocycles. The van der Waals surface area contributed by atoms with Crippen molar-refractivity contribution >= 4 is 21.7 Å². The van der Waals surface area contributed by atoms with Crippen molar-refractivity contribution in [2.75, 3.05) is 12.3 Å². The molecule has 24 heavy (non-hydrogen) atoms. The van der Waals surface area contributed by atoms with Crippen LogP contribution in [0.15, 0.2) is 45.7 Å². The van der Waals surface area contributed by atoms with E-state index < -0.39 is 21.7 Å². The zero-order chi connectivity index (χ0) is 17.7. The van der Waals surface area contributed by atoms with E-state index >= 15 is 0 Å². The van der Waals surface area contributed by atoms with Gasteiger partial charge in [0.2, 0.25) is 0 Å². The van der Waals surface area contributed by atoms with Crippen molar-refractivity contribution in [3.63, 3.8) is 0 Å². The van der Waals surface area contributed by atoms with Crippen LogP contribution in [0, 0.1) is 0 Å². The van der Waals surface area contributed by atoms with E-state index in [0.29, 0.717) is 6.42 Å². The number of hydrogen-bond donors (Lipinski definition) is 2. The largest absolute Gasteiger partial charge is 0.478 e. The van der Waals surface area contributed by atoms with Crippen molar-refractivity contribution in [2.24, 2.45) is 0 Å². The lowest BCUT2D eigenvalue weighted by Gasteiger charge is -2.05. The van der Waals surface area contributed by atoms with Gasteiger partial charge in [0.05, 0.1) is 10.6 Å². The maximum absolute atomic E-state index is 12.1. The topological polar surface area (TPSA) is 114 Å². The number of aromatic carboxylic acids is 1. The Hall–Kier alpha value is -2.61. The number of furan rings is 1. The Morgan fingerprint density at radius 3 is 2.42 bits per heavy atom. The van der Waals surface area contributed by atoms with Gasteiger partial charge in [-0.3, -0.25) is 4.79 Å². The van der Waals surface area contributed by atoms with Crippen LogP contribution in [0.25, 0.3) is 0 Å². The fourth-order valence-corrected chi connectivity index (χ4v) is 3.29. The summed E-state index contributed by atoms with van der Waals surface area (Å²) in [5, 5.41) is 11.5. The summed E-state index contributed by atoms with van der Waals surface area (Å²) in [7, 11) is -3.50. The fourth-order valence-electron chi connectivity index (χ4n) is 2.12. The predicted molar refractivity (Wildman–Crippen MR) is 85.9 cm³/mol. The van der Waals surface area contributed by atoms with E-state index in [0.717, 1.165) is 6.07 Å². The van der Waals surface area contributed by atoms with Gasteiger partial charge in [-0.1, -0.05) is 25.1 Å². The molecule has 0 fully saturated rings. The zero-order valence-electron chi connectivity index (χ0n) is 13.0. The summed E-state index contributed by atoms with van der Waals surface area (Å²) in [6.07, 6.45) is 0.331. The number of hydrogen-bond acceptors (Lipinski definition) is 5. The van der Waals surface area contributed by atoms with E-state index in [9.17, 15) is 18.0 Å². The van der Waals surface area contributed by atoms with Gasteiger partial charge in [-0.2, -0.15) is 0 Å². The van der Waals surface area contributed by atoms with Gasteiger partial charge in [-0.25, -0.2) is 13.2 Å². The van der Waals surface area contributed by atoms with Gasteiger partial charge in [0.15, 0.2) is 15.6 Å². The average Bonchev–Trinajstić information content (AvgIpc) is 3.00. The highest BCUT2D eigenvalue weighted by Crippen LogP contribution is 2.16. The lowest BCUT2D eigenvalue weighted by atomic mass is 10.2. The SMILES string of the molecule is CCc1oc(C(=O)NCCS(=O)(=O)c2ccccc2)cc1C(=O)O. The van der Waals surface area contributed by atoms with E-state index in [1.807, 2.05) is 0 Å². The lowest BCUT2D eigenvalue weighted by Crippen LogP contribution is -2.28. The van der Waals surface area contributed by atoms with E-state index in [2.05, 4.69) is 5.32 Å². The number of nitrogens with one attached hydrogen (secondary N) is 1. The van der Waals surface area contributed by atoms with Crippen LogP contribution in [-0.2, 0) is 16.3 Å². The second-order valence-electron chi connectivity index (χ2n) is 4.99. The van der Waals surface area contributed by atoms with Crippen LogP contribution in [0.5, 0.6) is 0 Å². The second kappa shape index (κ2) is 7.31. The number of carboxylic acid groups (broad SMARTS) is 1. The Morgan fingerprint density at radius 2 is 1.88 bits per heavy atom. The minimum Gasteiger partial charge on any atom is -0.478 e. The quantitative estimate of drug-likeness (QED) is 0.785. The first-order valence-corrected chi connectivity index (χ1v) is 8.92. The number of carbonyl (C=O) groups excluding carboxylic acids is 1. The number of sulfone groups is 1. The van der Waals surface area contributed by atoms with E-state index in [1.165, 1.54) is 12.1 Å². The summed E-state index contributed by atoms with van der Waals surface area (Å²) < 4.78 is 29.4. The lowest BCUT2D eigenvalue weighted by molar-refractivity contribution is 0.0694. The van der Waals surface area contributed by atoms with Gasteiger partial charge in [0.25, 0.3) is 5.91 Å². The molecule has 2 aromatic rings. The van der Waals surface area contributed by atoms with Crippen molar-refractivity contribution in [3.05, 3.63) is 53.5 Å². The monoisotopic (exact) mass is 351 g/mol. The minimum atomic E-state index is -3.50. The van der Waals surface area contributed by atoms with Gasteiger partial charge >= 0.3 is 5.97 Å². The maximum atomic E-state index is 12.1. The highest BCUT2D eigenvalue weighted by atomic mass is 32.2. The summed E-state index contributed by atoms with van der Waals surface area (Å²) in [5.74, 6) is -2.05.